The first-order valence-corrected chi connectivity index (χ1v) is 15.6. The lowest BCUT2D eigenvalue weighted by atomic mass is 9.98. The van der Waals surface area contributed by atoms with Crippen LogP contribution in [0.1, 0.15) is 39.2 Å². The van der Waals surface area contributed by atoms with Gasteiger partial charge in [0, 0.05) is 45.0 Å². The summed E-state index contributed by atoms with van der Waals surface area (Å²) in [5, 5.41) is 17.8. The molecule has 2 atom stereocenters. The van der Waals surface area contributed by atoms with Crippen molar-refractivity contribution in [3.05, 3.63) is 54.1 Å². The zero-order valence-electron chi connectivity index (χ0n) is 25.1. The quantitative estimate of drug-likeness (QED) is 0.248. The Kier molecular flexibility index (Phi) is 11.7. The number of nitrogens with zero attached hydrogens (tertiary/aromatic N) is 2. The van der Waals surface area contributed by atoms with Gasteiger partial charge in [-0.05, 0) is 43.6 Å². The summed E-state index contributed by atoms with van der Waals surface area (Å²) in [6, 6.07) is 13.6. The summed E-state index contributed by atoms with van der Waals surface area (Å²) in [4.78, 5) is 26.4. The van der Waals surface area contributed by atoms with Crippen LogP contribution >= 0.6 is 0 Å². The van der Waals surface area contributed by atoms with Crippen LogP contribution in [0.25, 0.3) is 0 Å². The van der Waals surface area contributed by atoms with Crippen LogP contribution in [0.5, 0.6) is 11.5 Å². The number of rotatable bonds is 16. The maximum Gasteiger partial charge on any atom is 0.245 e. The SMILES string of the molecule is CC(C)CN(C(O)(CCNC(=O)CC(C)CNC(=O)CN(C)C)Cc1ccccc1)S(=O)(=O)c1ccc2c(c1)OCO2. The van der Waals surface area contributed by atoms with Crippen molar-refractivity contribution in [2.45, 2.75) is 50.7 Å². The van der Waals surface area contributed by atoms with E-state index in [2.05, 4.69) is 10.6 Å². The molecule has 0 saturated carbocycles. The number of likely N-dealkylation sites (N-methyl/N-ethyl adjacent to an activating group) is 1. The molecule has 42 heavy (non-hydrogen) atoms. The van der Waals surface area contributed by atoms with Gasteiger partial charge in [-0.3, -0.25) is 9.59 Å². The normalized spacial score (nSPS) is 15.1. The molecule has 0 bridgehead atoms. The number of carbonyl (C=O) groups is 2. The summed E-state index contributed by atoms with van der Waals surface area (Å²) in [7, 11) is -0.591. The molecule has 1 heterocycles. The number of fused-ring (bicyclic) bond motifs is 1. The Morgan fingerprint density at radius 1 is 1.00 bits per heavy atom. The lowest BCUT2D eigenvalue weighted by molar-refractivity contribution is -0.124. The van der Waals surface area contributed by atoms with Crippen molar-refractivity contribution in [3.8, 4) is 11.5 Å². The number of sulfonamides is 1. The van der Waals surface area contributed by atoms with E-state index in [4.69, 9.17) is 9.47 Å². The van der Waals surface area contributed by atoms with Gasteiger partial charge >= 0.3 is 0 Å². The first-order valence-electron chi connectivity index (χ1n) is 14.2. The third-order valence-corrected chi connectivity index (χ3v) is 8.67. The van der Waals surface area contributed by atoms with Crippen molar-refractivity contribution >= 4 is 21.8 Å². The average Bonchev–Trinajstić information content (AvgIpc) is 3.39. The van der Waals surface area contributed by atoms with Gasteiger partial charge in [0.1, 0.15) is 5.72 Å². The molecular weight excluding hydrogens is 560 g/mol. The van der Waals surface area contributed by atoms with E-state index in [1.165, 1.54) is 12.1 Å². The van der Waals surface area contributed by atoms with Crippen LogP contribution in [0.3, 0.4) is 0 Å². The van der Waals surface area contributed by atoms with Crippen molar-refractivity contribution in [2.24, 2.45) is 11.8 Å². The van der Waals surface area contributed by atoms with Crippen LogP contribution in [-0.2, 0) is 26.0 Å². The van der Waals surface area contributed by atoms with Crippen LogP contribution in [0, 0.1) is 11.8 Å². The number of nitrogens with one attached hydrogen (secondary N) is 2. The van der Waals surface area contributed by atoms with E-state index in [0.717, 1.165) is 9.87 Å². The molecule has 11 nitrogen and oxygen atoms in total. The number of hydrogen-bond acceptors (Lipinski definition) is 8. The van der Waals surface area contributed by atoms with Crippen molar-refractivity contribution < 1.29 is 32.6 Å². The molecule has 3 N–H and O–H groups in total. The number of benzene rings is 2. The van der Waals surface area contributed by atoms with Crippen LogP contribution in [0.4, 0.5) is 0 Å². The molecule has 0 spiro atoms. The Labute approximate surface area is 249 Å². The molecule has 3 rings (SSSR count). The number of hydrogen-bond donors (Lipinski definition) is 3. The van der Waals surface area contributed by atoms with Gasteiger partial charge in [-0.15, -0.1) is 0 Å². The Morgan fingerprint density at radius 3 is 2.36 bits per heavy atom. The monoisotopic (exact) mass is 604 g/mol. The van der Waals surface area contributed by atoms with Gasteiger partial charge in [-0.1, -0.05) is 51.1 Å². The summed E-state index contributed by atoms with van der Waals surface area (Å²) in [5.74, 6) is 0.203. The summed E-state index contributed by atoms with van der Waals surface area (Å²) in [6.07, 6.45) is 0.150. The second kappa shape index (κ2) is 14.8. The molecule has 0 radical (unpaired) electrons. The van der Waals surface area contributed by atoms with Crippen LogP contribution < -0.4 is 20.1 Å². The Hall–Kier alpha value is -3.19. The van der Waals surface area contributed by atoms with Crippen molar-refractivity contribution in [2.75, 3.05) is 47.1 Å². The minimum atomic E-state index is -4.20. The maximum absolute atomic E-state index is 14.1. The lowest BCUT2D eigenvalue weighted by Gasteiger charge is -2.40. The number of carbonyl (C=O) groups excluding carboxylic acids is 2. The first kappa shape index (κ1) is 33.3. The van der Waals surface area contributed by atoms with Gasteiger partial charge in [-0.25, -0.2) is 8.42 Å². The predicted octanol–water partition coefficient (Wildman–Crippen LogP) is 2.20. The fourth-order valence-electron chi connectivity index (χ4n) is 4.71. The molecule has 1 aliphatic heterocycles. The van der Waals surface area contributed by atoms with E-state index < -0.39 is 15.7 Å². The first-order chi connectivity index (χ1) is 19.8. The van der Waals surface area contributed by atoms with E-state index in [1.54, 1.807) is 25.1 Å². The van der Waals surface area contributed by atoms with Crippen LogP contribution in [0.2, 0.25) is 0 Å². The Bertz CT molecular complexity index is 1300. The molecule has 232 valence electrons. The van der Waals surface area contributed by atoms with Crippen LogP contribution in [-0.4, -0.2) is 87.3 Å². The molecule has 12 heteroatoms. The highest BCUT2D eigenvalue weighted by Gasteiger charge is 2.43. The molecule has 2 aromatic carbocycles. The molecule has 2 unspecified atom stereocenters. The fourth-order valence-corrected chi connectivity index (χ4v) is 6.55. The molecule has 2 aromatic rings. The van der Waals surface area contributed by atoms with E-state index in [1.807, 2.05) is 51.1 Å². The number of aliphatic hydroxyl groups is 1. The zero-order valence-corrected chi connectivity index (χ0v) is 25.9. The topological polar surface area (TPSA) is 138 Å². The van der Waals surface area contributed by atoms with E-state index in [9.17, 15) is 23.1 Å². The summed E-state index contributed by atoms with van der Waals surface area (Å²) >= 11 is 0. The van der Waals surface area contributed by atoms with E-state index >= 15 is 0 Å². The Morgan fingerprint density at radius 2 is 1.69 bits per heavy atom. The minimum Gasteiger partial charge on any atom is -0.454 e. The van der Waals surface area contributed by atoms with Gasteiger partial charge < -0.3 is 30.1 Å². The van der Waals surface area contributed by atoms with Gasteiger partial charge in [0.2, 0.25) is 28.6 Å². The second-order valence-corrected chi connectivity index (χ2v) is 13.4. The smallest absolute Gasteiger partial charge is 0.245 e. The van der Waals surface area contributed by atoms with E-state index in [0.29, 0.717) is 18.0 Å². The fraction of sp³-hybridized carbons (Fsp3) is 0.533. The zero-order chi connectivity index (χ0) is 30.9. The number of ether oxygens (including phenoxy) is 2. The molecular formula is C30H44N4O7S. The van der Waals surface area contributed by atoms with Crippen molar-refractivity contribution in [3.63, 3.8) is 0 Å². The van der Waals surface area contributed by atoms with Gasteiger partial charge in [0.05, 0.1) is 11.4 Å². The lowest BCUT2D eigenvalue weighted by Crippen LogP contribution is -2.55. The molecule has 0 fully saturated rings. The van der Waals surface area contributed by atoms with Gasteiger partial charge in [0.15, 0.2) is 11.5 Å². The standard InChI is InChI=1S/C30H44N4O7S/c1-22(2)19-34(42(38,39)25-11-12-26-27(16-25)41-21-40-26)30(37,17-24-9-7-6-8-10-24)13-14-31-28(35)15-23(3)18-32-29(36)20-33(4)5/h6-12,16,22-23,37H,13-15,17-21H2,1-5H3,(H,31,35)(H,32,36). The maximum atomic E-state index is 14.1. The number of amides is 2. The molecule has 0 aliphatic carbocycles. The molecule has 0 aromatic heterocycles. The highest BCUT2D eigenvalue weighted by molar-refractivity contribution is 7.89. The molecule has 2 amide bonds. The van der Waals surface area contributed by atoms with E-state index in [-0.39, 0.29) is 74.2 Å². The average molecular weight is 605 g/mol. The third-order valence-electron chi connectivity index (χ3n) is 6.75. The van der Waals surface area contributed by atoms with Crippen LogP contribution in [0.15, 0.2) is 53.4 Å². The van der Waals surface area contributed by atoms with Crippen molar-refractivity contribution in [1.29, 1.82) is 0 Å². The summed E-state index contributed by atoms with van der Waals surface area (Å²) in [5.41, 5.74) is -1.09. The third kappa shape index (κ3) is 9.41. The van der Waals surface area contributed by atoms with Crippen molar-refractivity contribution in [1.82, 2.24) is 19.8 Å². The predicted molar refractivity (Wildman–Crippen MR) is 159 cm³/mol. The van der Waals surface area contributed by atoms with Gasteiger partial charge in [0.25, 0.3) is 0 Å². The largest absolute Gasteiger partial charge is 0.454 e. The molecule has 0 saturated heterocycles. The van der Waals surface area contributed by atoms with Gasteiger partial charge in [-0.2, -0.15) is 4.31 Å². The minimum absolute atomic E-state index is 0.00720. The Balaban J connectivity index is 1.78. The highest BCUT2D eigenvalue weighted by Crippen LogP contribution is 2.37. The summed E-state index contributed by atoms with van der Waals surface area (Å²) < 4.78 is 40.1. The molecule has 1 aliphatic rings. The summed E-state index contributed by atoms with van der Waals surface area (Å²) in [6.45, 7) is 6.35. The second-order valence-electron chi connectivity index (χ2n) is 11.5. The highest BCUT2D eigenvalue weighted by atomic mass is 32.2.